The molecule has 0 aliphatic carbocycles. The van der Waals surface area contributed by atoms with Gasteiger partial charge in [-0.3, -0.25) is 0 Å². The predicted molar refractivity (Wildman–Crippen MR) is 62.0 cm³/mol. The SMILES string of the molecule is Cc1coc(C(C)(C)c2ccccc2)c1. The molecule has 0 amide bonds. The zero-order valence-electron chi connectivity index (χ0n) is 9.45. The average molecular weight is 200 g/mol. The van der Waals surface area contributed by atoms with E-state index in [1.54, 1.807) is 6.26 Å². The first-order valence-corrected chi connectivity index (χ1v) is 5.22. The Morgan fingerprint density at radius 1 is 1.07 bits per heavy atom. The Labute approximate surface area is 90.7 Å². The van der Waals surface area contributed by atoms with Gasteiger partial charge in [0, 0.05) is 5.41 Å². The van der Waals surface area contributed by atoms with Crippen LogP contribution in [0, 0.1) is 6.92 Å². The maximum atomic E-state index is 5.58. The van der Waals surface area contributed by atoms with Crippen molar-refractivity contribution in [2.45, 2.75) is 26.2 Å². The van der Waals surface area contributed by atoms with Crippen LogP contribution in [0.2, 0.25) is 0 Å². The number of hydrogen-bond acceptors (Lipinski definition) is 1. The van der Waals surface area contributed by atoms with Crippen molar-refractivity contribution in [3.63, 3.8) is 0 Å². The summed E-state index contributed by atoms with van der Waals surface area (Å²) >= 11 is 0. The van der Waals surface area contributed by atoms with E-state index < -0.39 is 0 Å². The van der Waals surface area contributed by atoms with Crippen LogP contribution in [0.3, 0.4) is 0 Å². The van der Waals surface area contributed by atoms with Crippen LogP contribution < -0.4 is 0 Å². The van der Waals surface area contributed by atoms with Crippen molar-refractivity contribution in [3.05, 3.63) is 59.5 Å². The number of hydrogen-bond donors (Lipinski definition) is 0. The van der Waals surface area contributed by atoms with E-state index in [-0.39, 0.29) is 5.41 Å². The lowest BCUT2D eigenvalue weighted by Crippen LogP contribution is -2.17. The molecule has 0 atom stereocenters. The molecule has 0 unspecified atom stereocenters. The minimum atomic E-state index is -0.0600. The molecule has 0 aliphatic heterocycles. The summed E-state index contributed by atoms with van der Waals surface area (Å²) < 4.78 is 5.58. The van der Waals surface area contributed by atoms with E-state index >= 15 is 0 Å². The normalized spacial score (nSPS) is 11.7. The minimum Gasteiger partial charge on any atom is -0.468 e. The minimum absolute atomic E-state index is 0.0600. The van der Waals surface area contributed by atoms with Crippen LogP contribution in [-0.4, -0.2) is 0 Å². The molecule has 0 N–H and O–H groups in total. The Kier molecular flexibility index (Phi) is 2.39. The van der Waals surface area contributed by atoms with Gasteiger partial charge >= 0.3 is 0 Å². The van der Waals surface area contributed by atoms with Crippen molar-refractivity contribution >= 4 is 0 Å². The zero-order valence-corrected chi connectivity index (χ0v) is 9.45. The molecule has 2 rings (SSSR count). The molecular formula is C14H16O. The van der Waals surface area contributed by atoms with Crippen LogP contribution >= 0.6 is 0 Å². The summed E-state index contributed by atoms with van der Waals surface area (Å²) in [6.45, 7) is 6.41. The molecule has 15 heavy (non-hydrogen) atoms. The first-order valence-electron chi connectivity index (χ1n) is 5.22. The van der Waals surface area contributed by atoms with Crippen LogP contribution in [0.4, 0.5) is 0 Å². The standard InChI is InChI=1S/C14H16O/c1-11-9-13(15-10-11)14(2,3)12-7-5-4-6-8-12/h4-10H,1-3H3. The van der Waals surface area contributed by atoms with Crippen LogP contribution in [0.15, 0.2) is 47.1 Å². The van der Waals surface area contributed by atoms with Crippen molar-refractivity contribution in [1.29, 1.82) is 0 Å². The van der Waals surface area contributed by atoms with E-state index in [9.17, 15) is 0 Å². The smallest absolute Gasteiger partial charge is 0.114 e. The molecule has 0 radical (unpaired) electrons. The summed E-state index contributed by atoms with van der Waals surface area (Å²) in [5.74, 6) is 1.02. The molecule has 1 nitrogen and oxygen atoms in total. The fourth-order valence-corrected chi connectivity index (χ4v) is 1.76. The Morgan fingerprint density at radius 2 is 1.73 bits per heavy atom. The van der Waals surface area contributed by atoms with Gasteiger partial charge in [-0.05, 0) is 38.0 Å². The molecule has 0 saturated carbocycles. The van der Waals surface area contributed by atoms with E-state index in [1.165, 1.54) is 11.1 Å². The van der Waals surface area contributed by atoms with Crippen molar-refractivity contribution in [2.24, 2.45) is 0 Å². The highest BCUT2D eigenvalue weighted by Gasteiger charge is 2.25. The molecule has 0 aliphatic rings. The summed E-state index contributed by atoms with van der Waals surface area (Å²) in [6.07, 6.45) is 1.81. The maximum absolute atomic E-state index is 5.58. The molecule has 1 heteroatoms. The largest absolute Gasteiger partial charge is 0.468 e. The van der Waals surface area contributed by atoms with Gasteiger partial charge in [0.25, 0.3) is 0 Å². The van der Waals surface area contributed by atoms with Crippen LogP contribution in [0.25, 0.3) is 0 Å². The van der Waals surface area contributed by atoms with Gasteiger partial charge in [0.15, 0.2) is 0 Å². The topological polar surface area (TPSA) is 13.1 Å². The molecule has 1 aromatic carbocycles. The summed E-state index contributed by atoms with van der Waals surface area (Å²) in [5, 5.41) is 0. The average Bonchev–Trinajstić information content (AvgIpc) is 2.67. The predicted octanol–water partition coefficient (Wildman–Crippen LogP) is 3.91. The molecule has 1 aromatic heterocycles. The number of rotatable bonds is 2. The van der Waals surface area contributed by atoms with Crippen molar-refractivity contribution in [2.75, 3.05) is 0 Å². The lowest BCUT2D eigenvalue weighted by Gasteiger charge is -2.22. The lowest BCUT2D eigenvalue weighted by molar-refractivity contribution is 0.429. The quantitative estimate of drug-likeness (QED) is 0.716. The fraction of sp³-hybridized carbons (Fsp3) is 0.286. The van der Waals surface area contributed by atoms with Gasteiger partial charge in [-0.25, -0.2) is 0 Å². The number of furan rings is 1. The molecule has 1 heterocycles. The first kappa shape index (κ1) is 10.0. The summed E-state index contributed by atoms with van der Waals surface area (Å²) in [6, 6.07) is 12.5. The van der Waals surface area contributed by atoms with Gasteiger partial charge in [0.05, 0.1) is 6.26 Å². The van der Waals surface area contributed by atoms with E-state index in [4.69, 9.17) is 4.42 Å². The summed E-state index contributed by atoms with van der Waals surface area (Å²) in [4.78, 5) is 0. The number of aryl methyl sites for hydroxylation is 1. The Morgan fingerprint density at radius 3 is 2.27 bits per heavy atom. The molecular weight excluding hydrogens is 184 g/mol. The molecule has 0 bridgehead atoms. The highest BCUT2D eigenvalue weighted by molar-refractivity contribution is 5.33. The van der Waals surface area contributed by atoms with Gasteiger partial charge < -0.3 is 4.42 Å². The first-order chi connectivity index (χ1) is 7.10. The zero-order chi connectivity index (χ0) is 10.9. The fourth-order valence-electron chi connectivity index (χ4n) is 1.76. The van der Waals surface area contributed by atoms with E-state index in [2.05, 4.69) is 44.2 Å². The second-order valence-corrected chi connectivity index (χ2v) is 4.48. The Hall–Kier alpha value is -1.50. The number of benzene rings is 1. The van der Waals surface area contributed by atoms with Crippen LogP contribution in [-0.2, 0) is 5.41 Å². The van der Waals surface area contributed by atoms with Gasteiger partial charge in [0.2, 0.25) is 0 Å². The van der Waals surface area contributed by atoms with Gasteiger partial charge in [-0.15, -0.1) is 0 Å². The third kappa shape index (κ3) is 1.82. The highest BCUT2D eigenvalue weighted by atomic mass is 16.3. The molecule has 2 aromatic rings. The molecule has 0 spiro atoms. The van der Waals surface area contributed by atoms with Crippen LogP contribution in [0.5, 0.6) is 0 Å². The molecule has 0 saturated heterocycles. The van der Waals surface area contributed by atoms with Gasteiger partial charge in [-0.1, -0.05) is 30.3 Å². The molecule has 0 fully saturated rings. The maximum Gasteiger partial charge on any atom is 0.114 e. The Balaban J connectivity index is 2.43. The van der Waals surface area contributed by atoms with Crippen molar-refractivity contribution < 1.29 is 4.42 Å². The van der Waals surface area contributed by atoms with Gasteiger partial charge in [-0.2, -0.15) is 0 Å². The van der Waals surface area contributed by atoms with Crippen molar-refractivity contribution in [3.8, 4) is 0 Å². The Bertz CT molecular complexity index is 437. The molecule has 78 valence electrons. The highest BCUT2D eigenvalue weighted by Crippen LogP contribution is 2.32. The van der Waals surface area contributed by atoms with E-state index in [0.29, 0.717) is 0 Å². The van der Waals surface area contributed by atoms with Crippen molar-refractivity contribution in [1.82, 2.24) is 0 Å². The second kappa shape index (κ2) is 3.58. The second-order valence-electron chi connectivity index (χ2n) is 4.48. The lowest BCUT2D eigenvalue weighted by atomic mass is 9.82. The van der Waals surface area contributed by atoms with E-state index in [1.807, 2.05) is 13.0 Å². The van der Waals surface area contributed by atoms with Gasteiger partial charge in [0.1, 0.15) is 5.76 Å². The summed E-state index contributed by atoms with van der Waals surface area (Å²) in [7, 11) is 0. The van der Waals surface area contributed by atoms with E-state index in [0.717, 1.165) is 5.76 Å². The monoisotopic (exact) mass is 200 g/mol. The van der Waals surface area contributed by atoms with Crippen LogP contribution in [0.1, 0.15) is 30.7 Å². The summed E-state index contributed by atoms with van der Waals surface area (Å²) in [5.41, 5.74) is 2.39. The third-order valence-corrected chi connectivity index (χ3v) is 2.84. The third-order valence-electron chi connectivity index (χ3n) is 2.84.